The van der Waals surface area contributed by atoms with E-state index in [1.54, 1.807) is 6.07 Å². The van der Waals surface area contributed by atoms with Gasteiger partial charge in [-0.05, 0) is 23.1 Å². The molecule has 0 unspecified atom stereocenters. The van der Waals surface area contributed by atoms with E-state index in [0.717, 1.165) is 23.5 Å². The fraction of sp³-hybridized carbons (Fsp3) is 0.389. The Morgan fingerprint density at radius 3 is 2.43 bits per heavy atom. The van der Waals surface area contributed by atoms with Gasteiger partial charge in [0, 0.05) is 32.7 Å². The van der Waals surface area contributed by atoms with Crippen molar-refractivity contribution in [3.8, 4) is 0 Å². The molecule has 0 spiro atoms. The summed E-state index contributed by atoms with van der Waals surface area (Å²) in [4.78, 5) is 13.6. The van der Waals surface area contributed by atoms with Crippen LogP contribution < -0.4 is 0 Å². The summed E-state index contributed by atoms with van der Waals surface area (Å²) in [5, 5.41) is 1.52. The largest absolute Gasteiger partial charge is 0.465 e. The lowest BCUT2D eigenvalue weighted by Gasteiger charge is -2.34. The number of sulfonamides is 1. The van der Waals surface area contributed by atoms with Gasteiger partial charge in [0.15, 0.2) is 0 Å². The number of carbonyl (C=O) groups excluding carboxylic acids is 1. The minimum Gasteiger partial charge on any atom is -0.465 e. The smallest absolute Gasteiger partial charge is 0.416 e. The van der Waals surface area contributed by atoms with Crippen LogP contribution in [0.1, 0.15) is 20.8 Å². The fourth-order valence-corrected chi connectivity index (χ4v) is 5.84. The van der Waals surface area contributed by atoms with Gasteiger partial charge in [-0.1, -0.05) is 18.2 Å². The van der Waals surface area contributed by atoms with E-state index in [1.807, 2.05) is 4.90 Å². The number of hydrogen-bond acceptors (Lipinski definition) is 6. The molecule has 2 heterocycles. The Hall–Kier alpha value is -1.66. The molecule has 0 N–H and O–H groups in total. The molecule has 0 atom stereocenters. The molecule has 0 radical (unpaired) electrons. The first-order chi connectivity index (χ1) is 13.6. The van der Waals surface area contributed by atoms with Crippen molar-refractivity contribution in [3.63, 3.8) is 0 Å². The molecule has 1 aromatic carbocycles. The van der Waals surface area contributed by atoms with Gasteiger partial charge in [0.05, 0.1) is 12.7 Å². The summed E-state index contributed by atoms with van der Waals surface area (Å²) in [5.41, 5.74) is -0.189. The second-order valence-corrected chi connectivity index (χ2v) is 9.31. The zero-order chi connectivity index (χ0) is 21.2. The molecule has 30 heavy (non-hydrogen) atoms. The summed E-state index contributed by atoms with van der Waals surface area (Å²) in [6.07, 6.45) is -4.40. The summed E-state index contributed by atoms with van der Waals surface area (Å²) in [7, 11) is -2.67. The van der Waals surface area contributed by atoms with Crippen molar-refractivity contribution in [2.24, 2.45) is 0 Å². The SMILES string of the molecule is COC(=O)c1sccc1S(=O)(=O)N1CCN(Cc2cccc(C(F)(F)F)c2)CC1.Cl. The quantitative estimate of drug-likeness (QED) is 0.608. The Kier molecular flexibility index (Phi) is 7.91. The van der Waals surface area contributed by atoms with Crippen LogP contribution in [0.2, 0.25) is 0 Å². The Morgan fingerprint density at radius 2 is 1.83 bits per heavy atom. The van der Waals surface area contributed by atoms with Crippen LogP contribution in [0.25, 0.3) is 0 Å². The van der Waals surface area contributed by atoms with E-state index in [2.05, 4.69) is 4.74 Å². The highest BCUT2D eigenvalue weighted by Gasteiger charge is 2.33. The Balaban J connectivity index is 0.00000320. The van der Waals surface area contributed by atoms with Crippen molar-refractivity contribution in [1.82, 2.24) is 9.21 Å². The van der Waals surface area contributed by atoms with Crippen molar-refractivity contribution in [2.45, 2.75) is 17.6 Å². The number of esters is 1. The zero-order valence-corrected chi connectivity index (χ0v) is 18.3. The maximum atomic E-state index is 12.9. The lowest BCUT2D eigenvalue weighted by Crippen LogP contribution is -2.48. The third kappa shape index (κ3) is 5.33. The van der Waals surface area contributed by atoms with Crippen LogP contribution in [0, 0.1) is 0 Å². The van der Waals surface area contributed by atoms with Gasteiger partial charge in [0.25, 0.3) is 0 Å². The van der Waals surface area contributed by atoms with E-state index in [4.69, 9.17) is 0 Å². The molecule has 1 saturated heterocycles. The molecule has 166 valence electrons. The predicted molar refractivity (Wildman–Crippen MR) is 108 cm³/mol. The van der Waals surface area contributed by atoms with E-state index < -0.39 is 27.7 Å². The highest BCUT2D eigenvalue weighted by molar-refractivity contribution is 7.89. The standard InChI is InChI=1S/C18H19F3N2O4S2.ClH/c1-27-17(24)16-15(5-10-28-16)29(25,26)23-8-6-22(7-9-23)12-13-3-2-4-14(11-13)18(19,20)21;/h2-5,10-11H,6-9,12H2,1H3;1H. The number of thiophene rings is 1. The lowest BCUT2D eigenvalue weighted by atomic mass is 10.1. The van der Waals surface area contributed by atoms with Crippen LogP contribution >= 0.6 is 23.7 Å². The topological polar surface area (TPSA) is 66.9 Å². The van der Waals surface area contributed by atoms with Crippen LogP contribution in [0.15, 0.2) is 40.6 Å². The molecule has 1 aliphatic heterocycles. The van der Waals surface area contributed by atoms with Gasteiger partial charge in [-0.3, -0.25) is 4.90 Å². The number of hydrogen-bond donors (Lipinski definition) is 0. The second-order valence-electron chi connectivity index (χ2n) is 6.48. The highest BCUT2D eigenvalue weighted by atomic mass is 35.5. The number of benzene rings is 1. The molecule has 6 nitrogen and oxygen atoms in total. The normalized spacial score (nSPS) is 16.1. The van der Waals surface area contributed by atoms with Crippen molar-refractivity contribution in [1.29, 1.82) is 0 Å². The van der Waals surface area contributed by atoms with E-state index >= 15 is 0 Å². The molecule has 0 bridgehead atoms. The number of carbonyl (C=O) groups is 1. The van der Waals surface area contributed by atoms with Crippen molar-refractivity contribution in [2.75, 3.05) is 33.3 Å². The average molecular weight is 485 g/mol. The second kappa shape index (κ2) is 9.65. The van der Waals surface area contributed by atoms with Crippen LogP contribution in [-0.4, -0.2) is 56.9 Å². The maximum Gasteiger partial charge on any atom is 0.416 e. The summed E-state index contributed by atoms with van der Waals surface area (Å²) < 4.78 is 70.3. The van der Waals surface area contributed by atoms with Crippen LogP contribution in [0.4, 0.5) is 13.2 Å². The van der Waals surface area contributed by atoms with Gasteiger partial charge in [-0.25, -0.2) is 13.2 Å². The van der Waals surface area contributed by atoms with Gasteiger partial charge in [-0.15, -0.1) is 23.7 Å². The fourth-order valence-electron chi connectivity index (χ4n) is 3.11. The van der Waals surface area contributed by atoms with Crippen molar-refractivity contribution < 1.29 is 31.1 Å². The van der Waals surface area contributed by atoms with Gasteiger partial charge in [0.2, 0.25) is 10.0 Å². The summed E-state index contributed by atoms with van der Waals surface area (Å²) in [5.74, 6) is -0.707. The molecule has 1 fully saturated rings. The molecule has 1 aromatic heterocycles. The third-order valence-electron chi connectivity index (χ3n) is 4.61. The molecule has 0 amide bonds. The number of halogens is 4. The summed E-state index contributed by atoms with van der Waals surface area (Å²) >= 11 is 0.996. The van der Waals surface area contributed by atoms with E-state index in [9.17, 15) is 26.4 Å². The predicted octanol–water partition coefficient (Wildman–Crippen LogP) is 3.48. The minimum absolute atomic E-state index is 0. The van der Waals surface area contributed by atoms with Gasteiger partial charge in [0.1, 0.15) is 9.77 Å². The molecule has 1 aliphatic rings. The van der Waals surface area contributed by atoms with Gasteiger partial charge in [-0.2, -0.15) is 17.5 Å². The average Bonchev–Trinajstić information content (AvgIpc) is 3.18. The molecular weight excluding hydrogens is 465 g/mol. The zero-order valence-electron chi connectivity index (χ0n) is 15.9. The monoisotopic (exact) mass is 484 g/mol. The Morgan fingerprint density at radius 1 is 1.17 bits per heavy atom. The summed E-state index contributed by atoms with van der Waals surface area (Å²) in [6, 6.07) is 6.49. The van der Waals surface area contributed by atoms with E-state index in [-0.39, 0.29) is 35.3 Å². The minimum atomic E-state index is -4.40. The first-order valence-corrected chi connectivity index (χ1v) is 11.0. The highest BCUT2D eigenvalue weighted by Crippen LogP contribution is 2.30. The Labute approximate surface area is 182 Å². The molecule has 0 saturated carbocycles. The molecule has 3 rings (SSSR count). The molecular formula is C18H20ClF3N2O4S2. The van der Waals surface area contributed by atoms with Crippen LogP contribution in [-0.2, 0) is 27.5 Å². The number of methoxy groups -OCH3 is 1. The van der Waals surface area contributed by atoms with E-state index in [0.29, 0.717) is 25.2 Å². The Bertz CT molecular complexity index is 987. The number of piperazine rings is 1. The molecule has 2 aromatic rings. The van der Waals surface area contributed by atoms with Crippen molar-refractivity contribution in [3.05, 3.63) is 51.7 Å². The summed E-state index contributed by atoms with van der Waals surface area (Å²) in [6.45, 7) is 1.39. The molecule has 12 heteroatoms. The van der Waals surface area contributed by atoms with Gasteiger partial charge < -0.3 is 4.74 Å². The van der Waals surface area contributed by atoms with Crippen LogP contribution in [0.5, 0.6) is 0 Å². The third-order valence-corrected chi connectivity index (χ3v) is 7.57. The number of ether oxygens (including phenoxy) is 1. The molecule has 0 aliphatic carbocycles. The van der Waals surface area contributed by atoms with Crippen molar-refractivity contribution >= 4 is 39.7 Å². The number of rotatable bonds is 5. The number of nitrogens with zero attached hydrogens (tertiary/aromatic N) is 2. The number of alkyl halides is 3. The lowest BCUT2D eigenvalue weighted by molar-refractivity contribution is -0.137. The van der Waals surface area contributed by atoms with Gasteiger partial charge >= 0.3 is 12.1 Å². The maximum absolute atomic E-state index is 12.9. The van der Waals surface area contributed by atoms with Crippen LogP contribution in [0.3, 0.4) is 0 Å². The van der Waals surface area contributed by atoms with E-state index in [1.165, 1.54) is 28.9 Å². The first kappa shape index (κ1) is 24.6. The first-order valence-electron chi connectivity index (χ1n) is 8.67.